The molecule has 0 aliphatic rings. The maximum Gasteiger partial charge on any atom is 0.220 e. The molecule has 0 aliphatic heterocycles. The lowest BCUT2D eigenvalue weighted by Gasteiger charge is -2.26. The van der Waals surface area contributed by atoms with Crippen molar-refractivity contribution < 1.29 is 25.2 Å². The maximum atomic E-state index is 11.3. The van der Waals surface area contributed by atoms with Gasteiger partial charge in [0.25, 0.3) is 0 Å². The fraction of sp³-hybridized carbons (Fsp3) is 0.917. The topological polar surface area (TPSA) is 110 Å². The third-order valence-electron chi connectivity index (χ3n) is 2.82. The van der Waals surface area contributed by atoms with E-state index in [1.54, 1.807) is 6.92 Å². The Bertz CT molecular complexity index is 237. The lowest BCUT2D eigenvalue weighted by atomic mass is 10.0. The molecule has 0 radical (unpaired) electrons. The molecule has 5 N–H and O–H groups in total. The molecule has 0 bridgehead atoms. The summed E-state index contributed by atoms with van der Waals surface area (Å²) >= 11 is 0. The first kappa shape index (κ1) is 17.3. The van der Waals surface area contributed by atoms with E-state index >= 15 is 0 Å². The highest BCUT2D eigenvalue weighted by Gasteiger charge is 2.29. The van der Waals surface area contributed by atoms with Crippen LogP contribution >= 0.6 is 0 Å². The van der Waals surface area contributed by atoms with E-state index in [1.807, 2.05) is 6.92 Å². The fourth-order valence-electron chi connectivity index (χ4n) is 1.46. The highest BCUT2D eigenvalue weighted by atomic mass is 16.4. The standard InChI is InChI=1S/C12H25NO5/c1-3-5-6-10(16)13-7-9(15)12(18)11(17)8(14)4-2/h8-9,11-12,14-15,17-18H,3-7H2,1-2H3,(H,13,16)/t8-,9+,11-,12-/m1/s1. The van der Waals surface area contributed by atoms with Gasteiger partial charge in [-0.15, -0.1) is 0 Å². The van der Waals surface area contributed by atoms with Gasteiger partial charge in [0.15, 0.2) is 0 Å². The molecule has 0 aromatic rings. The molecule has 4 atom stereocenters. The highest BCUT2D eigenvalue weighted by molar-refractivity contribution is 5.75. The Balaban J connectivity index is 4.00. The van der Waals surface area contributed by atoms with Crippen LogP contribution in [0.4, 0.5) is 0 Å². The van der Waals surface area contributed by atoms with Crippen molar-refractivity contribution in [3.8, 4) is 0 Å². The van der Waals surface area contributed by atoms with E-state index in [0.29, 0.717) is 6.42 Å². The number of rotatable bonds is 9. The number of nitrogens with one attached hydrogen (secondary N) is 1. The Morgan fingerprint density at radius 2 is 1.61 bits per heavy atom. The minimum Gasteiger partial charge on any atom is -0.390 e. The summed E-state index contributed by atoms with van der Waals surface area (Å²) in [7, 11) is 0. The van der Waals surface area contributed by atoms with Crippen molar-refractivity contribution in [1.82, 2.24) is 5.32 Å². The summed E-state index contributed by atoms with van der Waals surface area (Å²) in [5, 5.41) is 40.4. The smallest absolute Gasteiger partial charge is 0.220 e. The van der Waals surface area contributed by atoms with Gasteiger partial charge in [-0.05, 0) is 12.8 Å². The molecule has 6 nitrogen and oxygen atoms in total. The number of unbranched alkanes of at least 4 members (excludes halogenated alkanes) is 1. The van der Waals surface area contributed by atoms with Crippen LogP contribution in [0.1, 0.15) is 39.5 Å². The van der Waals surface area contributed by atoms with Crippen LogP contribution < -0.4 is 5.32 Å². The number of carbonyl (C=O) groups is 1. The Morgan fingerprint density at radius 3 is 2.11 bits per heavy atom. The van der Waals surface area contributed by atoms with Crippen LogP contribution in [0.2, 0.25) is 0 Å². The predicted molar refractivity (Wildman–Crippen MR) is 66.9 cm³/mol. The molecule has 0 heterocycles. The molecule has 1 amide bonds. The van der Waals surface area contributed by atoms with Gasteiger partial charge in [-0.3, -0.25) is 4.79 Å². The summed E-state index contributed by atoms with van der Waals surface area (Å²) in [6.45, 7) is 3.48. The van der Waals surface area contributed by atoms with Crippen molar-refractivity contribution in [3.05, 3.63) is 0 Å². The van der Waals surface area contributed by atoms with Gasteiger partial charge < -0.3 is 25.7 Å². The third kappa shape index (κ3) is 6.30. The molecule has 0 spiro atoms. The van der Waals surface area contributed by atoms with Crippen molar-refractivity contribution >= 4 is 5.91 Å². The summed E-state index contributed by atoms with van der Waals surface area (Å²) in [6.07, 6.45) is -2.98. The van der Waals surface area contributed by atoms with E-state index in [-0.39, 0.29) is 18.9 Å². The predicted octanol–water partition coefficient (Wildman–Crippen LogP) is -0.854. The van der Waals surface area contributed by atoms with E-state index < -0.39 is 24.4 Å². The zero-order chi connectivity index (χ0) is 14.1. The van der Waals surface area contributed by atoms with Gasteiger partial charge in [-0.2, -0.15) is 0 Å². The van der Waals surface area contributed by atoms with Gasteiger partial charge >= 0.3 is 0 Å². The number of amides is 1. The molecular weight excluding hydrogens is 238 g/mol. The lowest BCUT2D eigenvalue weighted by molar-refractivity contribution is -0.124. The van der Waals surface area contributed by atoms with Crippen LogP contribution in [0, 0.1) is 0 Å². The Kier molecular flexibility index (Phi) is 8.91. The number of carbonyl (C=O) groups excluding carboxylic acids is 1. The minimum absolute atomic E-state index is 0.142. The van der Waals surface area contributed by atoms with Crippen molar-refractivity contribution in [2.45, 2.75) is 63.9 Å². The number of aliphatic hydroxyl groups is 4. The van der Waals surface area contributed by atoms with Gasteiger partial charge in [0, 0.05) is 13.0 Å². The van der Waals surface area contributed by atoms with Crippen LogP contribution in [0.5, 0.6) is 0 Å². The number of hydrogen-bond acceptors (Lipinski definition) is 5. The molecule has 18 heavy (non-hydrogen) atoms. The SMILES string of the molecule is CCCCC(=O)NC[C@H](O)[C@@H](O)[C@H](O)[C@H](O)CC. The summed E-state index contributed by atoms with van der Waals surface area (Å²) in [5.74, 6) is -0.200. The molecular formula is C12H25NO5. The monoisotopic (exact) mass is 263 g/mol. The van der Waals surface area contributed by atoms with Gasteiger partial charge in [-0.1, -0.05) is 20.3 Å². The Labute approximate surface area is 108 Å². The molecule has 0 saturated carbocycles. The summed E-state index contributed by atoms with van der Waals surface area (Å²) in [6, 6.07) is 0. The average molecular weight is 263 g/mol. The molecule has 0 rings (SSSR count). The number of aliphatic hydroxyl groups excluding tert-OH is 4. The van der Waals surface area contributed by atoms with Crippen LogP contribution in [0.25, 0.3) is 0 Å². The van der Waals surface area contributed by atoms with Crippen LogP contribution in [-0.4, -0.2) is 57.3 Å². The van der Waals surface area contributed by atoms with E-state index in [2.05, 4.69) is 5.32 Å². The van der Waals surface area contributed by atoms with E-state index in [1.165, 1.54) is 0 Å². The van der Waals surface area contributed by atoms with E-state index in [0.717, 1.165) is 12.8 Å². The van der Waals surface area contributed by atoms with Crippen molar-refractivity contribution in [3.63, 3.8) is 0 Å². The molecule has 0 aliphatic carbocycles. The lowest BCUT2D eigenvalue weighted by Crippen LogP contribution is -2.48. The Hall–Kier alpha value is -0.690. The largest absolute Gasteiger partial charge is 0.390 e. The first-order valence-electron chi connectivity index (χ1n) is 6.42. The van der Waals surface area contributed by atoms with Crippen molar-refractivity contribution in [1.29, 1.82) is 0 Å². The first-order valence-corrected chi connectivity index (χ1v) is 6.42. The minimum atomic E-state index is -1.48. The summed E-state index contributed by atoms with van der Waals surface area (Å²) < 4.78 is 0. The average Bonchev–Trinajstić information content (AvgIpc) is 2.39. The fourth-order valence-corrected chi connectivity index (χ4v) is 1.46. The zero-order valence-electron chi connectivity index (χ0n) is 11.0. The van der Waals surface area contributed by atoms with E-state index in [9.17, 15) is 25.2 Å². The zero-order valence-corrected chi connectivity index (χ0v) is 11.0. The van der Waals surface area contributed by atoms with E-state index in [4.69, 9.17) is 0 Å². The second kappa shape index (κ2) is 9.27. The number of hydrogen-bond donors (Lipinski definition) is 5. The van der Waals surface area contributed by atoms with Crippen LogP contribution in [-0.2, 0) is 4.79 Å². The van der Waals surface area contributed by atoms with Gasteiger partial charge in [-0.25, -0.2) is 0 Å². The molecule has 6 heteroatoms. The molecule has 0 fully saturated rings. The summed E-state index contributed by atoms with van der Waals surface area (Å²) in [4.78, 5) is 11.3. The second-order valence-electron chi connectivity index (χ2n) is 4.43. The van der Waals surface area contributed by atoms with Gasteiger partial charge in [0.1, 0.15) is 12.2 Å². The quantitative estimate of drug-likeness (QED) is 0.372. The third-order valence-corrected chi connectivity index (χ3v) is 2.82. The van der Waals surface area contributed by atoms with Crippen molar-refractivity contribution in [2.24, 2.45) is 0 Å². The normalized spacial score (nSPS) is 17.9. The van der Waals surface area contributed by atoms with Crippen molar-refractivity contribution in [2.75, 3.05) is 6.54 Å². The van der Waals surface area contributed by atoms with Crippen LogP contribution in [0.3, 0.4) is 0 Å². The molecule has 0 unspecified atom stereocenters. The molecule has 0 saturated heterocycles. The second-order valence-corrected chi connectivity index (χ2v) is 4.43. The van der Waals surface area contributed by atoms with Gasteiger partial charge in [0.05, 0.1) is 12.2 Å². The Morgan fingerprint density at radius 1 is 1.06 bits per heavy atom. The highest BCUT2D eigenvalue weighted by Crippen LogP contribution is 2.07. The van der Waals surface area contributed by atoms with Gasteiger partial charge in [0.2, 0.25) is 5.91 Å². The first-order chi connectivity index (χ1) is 8.43. The van der Waals surface area contributed by atoms with Crippen LogP contribution in [0.15, 0.2) is 0 Å². The summed E-state index contributed by atoms with van der Waals surface area (Å²) in [5.41, 5.74) is 0. The molecule has 0 aromatic carbocycles. The maximum absolute atomic E-state index is 11.3. The molecule has 0 aromatic heterocycles. The molecule has 108 valence electrons.